The lowest BCUT2D eigenvalue weighted by atomic mass is 10.3. The van der Waals surface area contributed by atoms with E-state index in [1.807, 2.05) is 6.92 Å². The second-order valence-corrected chi connectivity index (χ2v) is 4.63. The number of nitrogens with one attached hydrogen (secondary N) is 1. The Hall–Kier alpha value is -2.64. The van der Waals surface area contributed by atoms with Crippen LogP contribution in [0.3, 0.4) is 0 Å². The number of carbonyl (C=O) groups excluding carboxylic acids is 1. The van der Waals surface area contributed by atoms with Crippen molar-refractivity contribution in [2.75, 3.05) is 5.32 Å². The van der Waals surface area contributed by atoms with E-state index in [4.69, 9.17) is 5.11 Å². The number of carboxylic acid groups (broad SMARTS) is 1. The first-order valence-corrected chi connectivity index (χ1v) is 6.55. The highest BCUT2D eigenvalue weighted by Crippen LogP contribution is 2.14. The zero-order valence-corrected chi connectivity index (χ0v) is 12.1. The van der Waals surface area contributed by atoms with Gasteiger partial charge in [0.25, 0.3) is 5.91 Å². The van der Waals surface area contributed by atoms with Gasteiger partial charge in [0.2, 0.25) is 0 Å². The van der Waals surface area contributed by atoms with E-state index in [1.54, 1.807) is 17.8 Å². The molecular formula is C13H17N5O3. The Kier molecular flexibility index (Phi) is 4.06. The van der Waals surface area contributed by atoms with Crippen molar-refractivity contribution in [3.8, 4) is 0 Å². The summed E-state index contributed by atoms with van der Waals surface area (Å²) in [5.74, 6) is -1.41. The lowest BCUT2D eigenvalue weighted by Gasteiger charge is -2.05. The molecule has 2 heterocycles. The third-order valence-corrected chi connectivity index (χ3v) is 3.11. The van der Waals surface area contributed by atoms with Crippen molar-refractivity contribution in [3.63, 3.8) is 0 Å². The molecule has 8 nitrogen and oxygen atoms in total. The summed E-state index contributed by atoms with van der Waals surface area (Å²) in [4.78, 5) is 23.0. The Bertz CT molecular complexity index is 673. The number of amides is 1. The third kappa shape index (κ3) is 3.10. The molecule has 1 unspecified atom stereocenters. The molecule has 2 aromatic rings. The number of hydrogen-bond donors (Lipinski definition) is 2. The zero-order valence-electron chi connectivity index (χ0n) is 12.1. The second kappa shape index (κ2) is 5.78. The molecule has 2 rings (SSSR count). The Morgan fingerprint density at radius 2 is 2.14 bits per heavy atom. The summed E-state index contributed by atoms with van der Waals surface area (Å²) in [5, 5.41) is 19.8. The average molecular weight is 291 g/mol. The molecule has 1 amide bonds. The summed E-state index contributed by atoms with van der Waals surface area (Å²) in [6, 6.07) is 0.657. The predicted molar refractivity (Wildman–Crippen MR) is 75.2 cm³/mol. The lowest BCUT2D eigenvalue weighted by molar-refractivity contribution is -0.140. The van der Waals surface area contributed by atoms with Gasteiger partial charge in [-0.05, 0) is 26.8 Å². The van der Waals surface area contributed by atoms with Crippen LogP contribution in [0, 0.1) is 6.92 Å². The molecule has 0 saturated carbocycles. The summed E-state index contributed by atoms with van der Waals surface area (Å²) in [5.41, 5.74) is 1.48. The van der Waals surface area contributed by atoms with Gasteiger partial charge < -0.3 is 10.4 Å². The largest absolute Gasteiger partial charge is 0.480 e. The Labute approximate surface area is 121 Å². The first-order valence-electron chi connectivity index (χ1n) is 6.55. The van der Waals surface area contributed by atoms with Crippen molar-refractivity contribution < 1.29 is 14.7 Å². The third-order valence-electron chi connectivity index (χ3n) is 3.11. The molecule has 1 atom stereocenters. The molecule has 0 fully saturated rings. The van der Waals surface area contributed by atoms with E-state index in [9.17, 15) is 9.59 Å². The normalized spacial score (nSPS) is 12.1. The standard InChI is InChI=1S/C13H17N5O3/c1-4-17-7-11(8(2)15-17)14-12(19)10-5-6-18(16-10)9(3)13(20)21/h5-7,9H,4H2,1-3H3,(H,14,19)(H,20,21). The highest BCUT2D eigenvalue weighted by Gasteiger charge is 2.17. The summed E-state index contributed by atoms with van der Waals surface area (Å²) in [6.07, 6.45) is 3.21. The van der Waals surface area contributed by atoms with Gasteiger partial charge in [-0.25, -0.2) is 4.79 Å². The zero-order chi connectivity index (χ0) is 15.6. The molecule has 0 radical (unpaired) electrons. The van der Waals surface area contributed by atoms with Crippen LogP contribution >= 0.6 is 0 Å². The van der Waals surface area contributed by atoms with E-state index in [2.05, 4.69) is 15.5 Å². The number of carboxylic acids is 1. The van der Waals surface area contributed by atoms with Gasteiger partial charge in [0, 0.05) is 18.9 Å². The van der Waals surface area contributed by atoms with Crippen LogP contribution in [-0.4, -0.2) is 36.5 Å². The van der Waals surface area contributed by atoms with Gasteiger partial charge in [-0.15, -0.1) is 0 Å². The number of nitrogens with zero attached hydrogens (tertiary/aromatic N) is 4. The van der Waals surface area contributed by atoms with Gasteiger partial charge >= 0.3 is 5.97 Å². The van der Waals surface area contributed by atoms with Gasteiger partial charge in [-0.2, -0.15) is 10.2 Å². The first-order chi connectivity index (χ1) is 9.92. The number of anilines is 1. The minimum atomic E-state index is -1.01. The van der Waals surface area contributed by atoms with E-state index < -0.39 is 17.9 Å². The smallest absolute Gasteiger partial charge is 0.328 e. The molecule has 0 aliphatic carbocycles. The molecule has 0 spiro atoms. The van der Waals surface area contributed by atoms with Crippen molar-refractivity contribution in [3.05, 3.63) is 29.8 Å². The van der Waals surface area contributed by atoms with Gasteiger partial charge in [0.1, 0.15) is 6.04 Å². The Balaban J connectivity index is 2.13. The van der Waals surface area contributed by atoms with E-state index >= 15 is 0 Å². The summed E-state index contributed by atoms with van der Waals surface area (Å²) in [6.45, 7) is 5.95. The Morgan fingerprint density at radius 3 is 2.71 bits per heavy atom. The first kappa shape index (κ1) is 14.8. The Morgan fingerprint density at radius 1 is 1.43 bits per heavy atom. The predicted octanol–water partition coefficient (Wildman–Crippen LogP) is 1.31. The minimum Gasteiger partial charge on any atom is -0.480 e. The number of carbonyl (C=O) groups is 2. The van der Waals surface area contributed by atoms with Gasteiger partial charge in [0.15, 0.2) is 5.69 Å². The fraction of sp³-hybridized carbons (Fsp3) is 0.385. The maximum Gasteiger partial charge on any atom is 0.328 e. The number of aryl methyl sites for hydroxylation is 2. The SMILES string of the molecule is CCn1cc(NC(=O)c2ccn(C(C)C(=O)O)n2)c(C)n1. The number of rotatable bonds is 5. The van der Waals surface area contributed by atoms with Crippen LogP contribution in [0.25, 0.3) is 0 Å². The van der Waals surface area contributed by atoms with Crippen molar-refractivity contribution >= 4 is 17.6 Å². The van der Waals surface area contributed by atoms with Crippen LogP contribution < -0.4 is 5.32 Å². The van der Waals surface area contributed by atoms with Crippen LogP contribution in [0.15, 0.2) is 18.5 Å². The molecule has 0 aliphatic rings. The maximum atomic E-state index is 12.1. The van der Waals surface area contributed by atoms with Crippen molar-refractivity contribution in [2.24, 2.45) is 0 Å². The fourth-order valence-electron chi connectivity index (χ4n) is 1.78. The topological polar surface area (TPSA) is 102 Å². The van der Waals surface area contributed by atoms with Gasteiger partial charge in [0.05, 0.1) is 11.4 Å². The quantitative estimate of drug-likeness (QED) is 0.864. The number of aromatic nitrogens is 4. The van der Waals surface area contributed by atoms with Gasteiger partial charge in [-0.1, -0.05) is 0 Å². The van der Waals surface area contributed by atoms with E-state index in [-0.39, 0.29) is 5.69 Å². The molecule has 0 saturated heterocycles. The van der Waals surface area contributed by atoms with Crippen molar-refractivity contribution in [2.45, 2.75) is 33.4 Å². The fourth-order valence-corrected chi connectivity index (χ4v) is 1.78. The summed E-state index contributed by atoms with van der Waals surface area (Å²) < 4.78 is 2.95. The molecule has 2 aromatic heterocycles. The van der Waals surface area contributed by atoms with Crippen molar-refractivity contribution in [1.82, 2.24) is 19.6 Å². The highest BCUT2D eigenvalue weighted by molar-refractivity contribution is 6.03. The molecule has 0 aromatic carbocycles. The van der Waals surface area contributed by atoms with Crippen LogP contribution in [0.5, 0.6) is 0 Å². The molecule has 112 valence electrons. The average Bonchev–Trinajstić information content (AvgIpc) is 3.05. The van der Waals surface area contributed by atoms with Crippen LogP contribution in [0.1, 0.15) is 36.1 Å². The van der Waals surface area contributed by atoms with Crippen LogP contribution in [0.4, 0.5) is 5.69 Å². The molecule has 0 bridgehead atoms. The maximum absolute atomic E-state index is 12.1. The monoisotopic (exact) mass is 291 g/mol. The molecule has 0 aliphatic heterocycles. The molecule has 21 heavy (non-hydrogen) atoms. The number of hydrogen-bond acceptors (Lipinski definition) is 4. The summed E-state index contributed by atoms with van der Waals surface area (Å²) in [7, 11) is 0. The highest BCUT2D eigenvalue weighted by atomic mass is 16.4. The molecule has 2 N–H and O–H groups in total. The van der Waals surface area contributed by atoms with E-state index in [1.165, 1.54) is 23.9 Å². The van der Waals surface area contributed by atoms with Crippen LogP contribution in [0.2, 0.25) is 0 Å². The molecular weight excluding hydrogens is 274 g/mol. The minimum absolute atomic E-state index is 0.159. The van der Waals surface area contributed by atoms with E-state index in [0.717, 1.165) is 0 Å². The molecule has 8 heteroatoms. The number of aliphatic carboxylic acids is 1. The van der Waals surface area contributed by atoms with E-state index in [0.29, 0.717) is 17.9 Å². The van der Waals surface area contributed by atoms with Crippen LogP contribution in [-0.2, 0) is 11.3 Å². The van der Waals surface area contributed by atoms with Gasteiger partial charge in [-0.3, -0.25) is 14.2 Å². The van der Waals surface area contributed by atoms with Crippen molar-refractivity contribution in [1.29, 1.82) is 0 Å². The summed E-state index contributed by atoms with van der Waals surface area (Å²) >= 11 is 0. The lowest BCUT2D eigenvalue weighted by Crippen LogP contribution is -2.18. The second-order valence-electron chi connectivity index (χ2n) is 4.63.